The van der Waals surface area contributed by atoms with Crippen molar-refractivity contribution < 1.29 is 23.8 Å². The number of likely N-dealkylation sites (tertiary alicyclic amines) is 2. The maximum Gasteiger partial charge on any atom is 0.245 e. The summed E-state index contributed by atoms with van der Waals surface area (Å²) in [4.78, 5) is 25.9. The molecule has 0 radical (unpaired) electrons. The summed E-state index contributed by atoms with van der Waals surface area (Å²) in [5, 5.41) is 33.3. The standard InChI is InChI=1S/C45H44F2N8O3/c1-5-42(56)54-21-18-45(58,19-22-54)35-26-48-38(29-9-13-32(47)14-10-29)24-34(35)39-25-40(53(4)51-39)41-23-30(27-55(41)43(57)6-2)33-15-16-36(28-7-11-31(46)12-8-28)49-44(33)37-17-20-52(3)50-37/h5-17,20,24-26,30,41,43,57-58H,1-2,18-19,21-23,27H2,3-4H3. The topological polar surface area (TPSA) is 125 Å². The normalized spacial score (nSPS) is 18.6. The maximum atomic E-state index is 13.9. The van der Waals surface area contributed by atoms with Gasteiger partial charge in [0.25, 0.3) is 0 Å². The number of carbonyl (C=O) groups is 1. The van der Waals surface area contributed by atoms with Crippen molar-refractivity contribution in [1.29, 1.82) is 0 Å². The summed E-state index contributed by atoms with van der Waals surface area (Å²) in [5.74, 6) is -0.962. The molecular formula is C45H44F2N8O3. The third-order valence-electron chi connectivity index (χ3n) is 11.5. The van der Waals surface area contributed by atoms with Crippen LogP contribution in [0.25, 0.3) is 45.2 Å². The first kappa shape index (κ1) is 38.7. The number of aryl methyl sites for hydroxylation is 2. The molecule has 0 aliphatic carbocycles. The zero-order valence-electron chi connectivity index (χ0n) is 32.3. The van der Waals surface area contributed by atoms with Crippen molar-refractivity contribution in [2.45, 2.75) is 43.1 Å². The van der Waals surface area contributed by atoms with Gasteiger partial charge in [-0.1, -0.05) is 19.2 Å². The number of rotatable bonds is 10. The molecule has 6 heterocycles. The Morgan fingerprint density at radius 1 is 0.879 bits per heavy atom. The highest BCUT2D eigenvalue weighted by Crippen LogP contribution is 2.46. The first-order valence-corrected chi connectivity index (χ1v) is 19.2. The average Bonchev–Trinajstić information content (AvgIpc) is 3.99. The molecule has 0 bridgehead atoms. The van der Waals surface area contributed by atoms with E-state index in [1.807, 2.05) is 55.5 Å². The molecule has 13 heteroatoms. The van der Waals surface area contributed by atoms with Crippen molar-refractivity contribution in [3.63, 3.8) is 0 Å². The van der Waals surface area contributed by atoms with Gasteiger partial charge in [-0.2, -0.15) is 10.2 Å². The SMILES string of the molecule is C=CC(=O)N1CCC(O)(c2cnc(-c3ccc(F)cc3)cc2-c2cc(C3CC(c4ccc(-c5ccc(F)cc5)nc4-c4ccn(C)n4)CN3C(O)C=C)n(C)n2)CC1. The molecule has 296 valence electrons. The molecule has 2 N–H and O–H groups in total. The van der Waals surface area contributed by atoms with E-state index in [1.54, 1.807) is 44.7 Å². The van der Waals surface area contributed by atoms with Crippen molar-refractivity contribution in [2.24, 2.45) is 14.1 Å². The predicted octanol–water partition coefficient (Wildman–Crippen LogP) is 6.92. The molecule has 3 atom stereocenters. The number of pyridine rings is 2. The van der Waals surface area contributed by atoms with Gasteiger partial charge in [0.2, 0.25) is 5.91 Å². The quantitative estimate of drug-likeness (QED) is 0.113. The van der Waals surface area contributed by atoms with Crippen LogP contribution in [0.5, 0.6) is 0 Å². The van der Waals surface area contributed by atoms with E-state index < -0.39 is 11.8 Å². The summed E-state index contributed by atoms with van der Waals surface area (Å²) in [6.07, 6.45) is 6.52. The molecule has 2 fully saturated rings. The van der Waals surface area contributed by atoms with Crippen LogP contribution in [-0.4, -0.2) is 81.3 Å². The van der Waals surface area contributed by atoms with E-state index in [4.69, 9.17) is 20.2 Å². The summed E-state index contributed by atoms with van der Waals surface area (Å²) < 4.78 is 31.3. The van der Waals surface area contributed by atoms with Crippen LogP contribution in [0.1, 0.15) is 48.0 Å². The summed E-state index contributed by atoms with van der Waals surface area (Å²) in [6.45, 7) is 8.67. The van der Waals surface area contributed by atoms with Crippen LogP contribution in [0.4, 0.5) is 8.78 Å². The van der Waals surface area contributed by atoms with Crippen LogP contribution in [0.2, 0.25) is 0 Å². The van der Waals surface area contributed by atoms with Crippen LogP contribution < -0.4 is 0 Å². The second-order valence-corrected chi connectivity index (χ2v) is 15.1. The van der Waals surface area contributed by atoms with Gasteiger partial charge in [0, 0.05) is 74.3 Å². The Labute approximate surface area is 335 Å². The molecule has 3 unspecified atom stereocenters. The van der Waals surface area contributed by atoms with Gasteiger partial charge in [-0.25, -0.2) is 13.8 Å². The number of hydrogen-bond donors (Lipinski definition) is 2. The van der Waals surface area contributed by atoms with E-state index in [9.17, 15) is 23.8 Å². The summed E-state index contributed by atoms with van der Waals surface area (Å²) in [7, 11) is 3.71. The van der Waals surface area contributed by atoms with Crippen LogP contribution in [0, 0.1) is 11.6 Å². The van der Waals surface area contributed by atoms with Gasteiger partial charge >= 0.3 is 0 Å². The highest BCUT2D eigenvalue weighted by atomic mass is 19.1. The van der Waals surface area contributed by atoms with Gasteiger partial charge in [-0.05, 0) is 110 Å². The van der Waals surface area contributed by atoms with Gasteiger partial charge in [0.1, 0.15) is 23.6 Å². The van der Waals surface area contributed by atoms with E-state index >= 15 is 0 Å². The Bertz CT molecular complexity index is 2490. The zero-order valence-corrected chi connectivity index (χ0v) is 32.3. The lowest BCUT2D eigenvalue weighted by atomic mass is 9.81. The van der Waals surface area contributed by atoms with Crippen LogP contribution in [0.15, 0.2) is 117 Å². The monoisotopic (exact) mass is 782 g/mol. The summed E-state index contributed by atoms with van der Waals surface area (Å²) in [5.41, 5.74) is 6.45. The second kappa shape index (κ2) is 15.7. The minimum atomic E-state index is -1.31. The van der Waals surface area contributed by atoms with E-state index in [2.05, 4.69) is 13.2 Å². The molecule has 1 amide bonds. The van der Waals surface area contributed by atoms with Gasteiger partial charge in [-0.15, -0.1) is 0 Å². The molecule has 8 rings (SSSR count). The maximum absolute atomic E-state index is 13.9. The highest BCUT2D eigenvalue weighted by molar-refractivity contribution is 5.87. The van der Waals surface area contributed by atoms with Gasteiger partial charge in [0.05, 0.1) is 40.1 Å². The number of aliphatic hydroxyl groups excluding tert-OH is 1. The first-order chi connectivity index (χ1) is 27.9. The fourth-order valence-electron chi connectivity index (χ4n) is 8.37. The van der Waals surface area contributed by atoms with E-state index in [1.165, 1.54) is 36.4 Å². The van der Waals surface area contributed by atoms with Crippen LogP contribution >= 0.6 is 0 Å². The molecule has 2 saturated heterocycles. The molecular weight excluding hydrogens is 739 g/mol. The number of benzene rings is 2. The van der Waals surface area contributed by atoms with Gasteiger partial charge in [0.15, 0.2) is 0 Å². The van der Waals surface area contributed by atoms with Gasteiger partial charge < -0.3 is 15.1 Å². The number of nitrogens with zero attached hydrogens (tertiary/aromatic N) is 8. The van der Waals surface area contributed by atoms with Crippen molar-refractivity contribution in [2.75, 3.05) is 19.6 Å². The van der Waals surface area contributed by atoms with Crippen molar-refractivity contribution >= 4 is 5.91 Å². The third-order valence-corrected chi connectivity index (χ3v) is 11.5. The second-order valence-electron chi connectivity index (χ2n) is 15.1. The smallest absolute Gasteiger partial charge is 0.245 e. The lowest BCUT2D eigenvalue weighted by molar-refractivity contribution is -0.130. The minimum Gasteiger partial charge on any atom is -0.385 e. The number of aliphatic hydroxyl groups is 2. The first-order valence-electron chi connectivity index (χ1n) is 19.2. The van der Waals surface area contributed by atoms with Crippen LogP contribution in [-0.2, 0) is 24.5 Å². The van der Waals surface area contributed by atoms with Crippen molar-refractivity contribution in [1.82, 2.24) is 39.3 Å². The number of amides is 1. The van der Waals surface area contributed by atoms with E-state index in [0.717, 1.165) is 16.8 Å². The number of halogens is 2. The number of carbonyl (C=O) groups excluding carboxylic acids is 1. The fraction of sp³-hybridized carbons (Fsp3) is 0.267. The number of aromatic nitrogens is 6. The third kappa shape index (κ3) is 7.39. The molecule has 0 spiro atoms. The molecule has 2 aromatic carbocycles. The lowest BCUT2D eigenvalue weighted by Gasteiger charge is -2.38. The Morgan fingerprint density at radius 3 is 2.17 bits per heavy atom. The fourth-order valence-corrected chi connectivity index (χ4v) is 8.37. The molecule has 2 aliphatic heterocycles. The Hall–Kier alpha value is -6.15. The molecule has 11 nitrogen and oxygen atoms in total. The predicted molar refractivity (Wildman–Crippen MR) is 217 cm³/mol. The summed E-state index contributed by atoms with van der Waals surface area (Å²) >= 11 is 0. The van der Waals surface area contributed by atoms with Crippen LogP contribution in [0.3, 0.4) is 0 Å². The van der Waals surface area contributed by atoms with Crippen molar-refractivity contribution in [3.8, 4) is 45.2 Å². The van der Waals surface area contributed by atoms with Gasteiger partial charge in [-0.3, -0.25) is 24.0 Å². The Kier molecular flexibility index (Phi) is 10.4. The molecule has 2 aliphatic rings. The molecule has 0 saturated carbocycles. The average molecular weight is 783 g/mol. The zero-order chi connectivity index (χ0) is 40.7. The highest BCUT2D eigenvalue weighted by Gasteiger charge is 2.41. The number of piperidine rings is 1. The largest absolute Gasteiger partial charge is 0.385 e. The van der Waals surface area contributed by atoms with E-state index in [0.29, 0.717) is 71.2 Å². The van der Waals surface area contributed by atoms with E-state index in [-0.39, 0.29) is 42.3 Å². The Balaban J connectivity index is 1.18. The molecule has 6 aromatic rings. The number of hydrogen-bond acceptors (Lipinski definition) is 8. The van der Waals surface area contributed by atoms with Crippen molar-refractivity contribution in [3.05, 3.63) is 145 Å². The molecule has 58 heavy (non-hydrogen) atoms. The summed E-state index contributed by atoms with van der Waals surface area (Å²) in [6, 6.07) is 21.8. The lowest BCUT2D eigenvalue weighted by Crippen LogP contribution is -2.44. The molecule has 4 aromatic heterocycles. The Morgan fingerprint density at radius 2 is 1.55 bits per heavy atom. The minimum absolute atomic E-state index is 0.0875.